The Morgan fingerprint density at radius 3 is 2.50 bits per heavy atom. The smallest absolute Gasteiger partial charge is 0.271 e. The van der Waals surface area contributed by atoms with Gasteiger partial charge in [0.15, 0.2) is 0 Å². The third kappa shape index (κ3) is 3.96. The van der Waals surface area contributed by atoms with Crippen molar-refractivity contribution in [2.75, 3.05) is 19.6 Å². The molecular weight excluding hydrogens is 352 g/mol. The van der Waals surface area contributed by atoms with Crippen molar-refractivity contribution in [1.29, 1.82) is 0 Å². The quantitative estimate of drug-likeness (QED) is 0.737. The van der Waals surface area contributed by atoms with Crippen LogP contribution in [0.15, 0.2) is 66.9 Å². The summed E-state index contributed by atoms with van der Waals surface area (Å²) in [5.74, 6) is -0.414. The monoisotopic (exact) mass is 374 g/mol. The van der Waals surface area contributed by atoms with Gasteiger partial charge in [-0.2, -0.15) is 5.10 Å². The van der Waals surface area contributed by atoms with E-state index in [1.807, 2.05) is 18.2 Å². The summed E-state index contributed by atoms with van der Waals surface area (Å²) in [5, 5.41) is 9.47. The highest BCUT2D eigenvalue weighted by molar-refractivity contribution is 5.93. The number of amides is 2. The van der Waals surface area contributed by atoms with Crippen molar-refractivity contribution in [3.05, 3.63) is 78.1 Å². The second-order valence-electron chi connectivity index (χ2n) is 6.98. The molecule has 1 unspecified atom stereocenters. The lowest BCUT2D eigenvalue weighted by Gasteiger charge is -2.22. The number of aromatic nitrogens is 2. The molecule has 1 aliphatic rings. The molecule has 6 nitrogen and oxygen atoms in total. The van der Waals surface area contributed by atoms with Crippen molar-refractivity contribution in [3.8, 4) is 11.1 Å². The Hall–Kier alpha value is -3.41. The van der Waals surface area contributed by atoms with Gasteiger partial charge in [0.25, 0.3) is 5.91 Å². The molecule has 1 atom stereocenters. The van der Waals surface area contributed by atoms with Gasteiger partial charge in [0.2, 0.25) is 5.91 Å². The molecule has 0 saturated carbocycles. The van der Waals surface area contributed by atoms with Gasteiger partial charge in [-0.15, -0.1) is 0 Å². The third-order valence-corrected chi connectivity index (χ3v) is 5.05. The first-order valence-electron chi connectivity index (χ1n) is 9.41. The minimum absolute atomic E-state index is 0.00736. The summed E-state index contributed by atoms with van der Waals surface area (Å²) in [5.41, 5.74) is 3.83. The summed E-state index contributed by atoms with van der Waals surface area (Å²) in [6.45, 7) is 1.35. The highest BCUT2D eigenvalue weighted by Gasteiger charge is 2.28. The number of nitrogens with one attached hydrogen (secondary N) is 2. The van der Waals surface area contributed by atoms with Crippen LogP contribution in [0.2, 0.25) is 0 Å². The van der Waals surface area contributed by atoms with Crippen LogP contribution in [0, 0.1) is 5.92 Å². The van der Waals surface area contributed by atoms with Crippen molar-refractivity contribution in [1.82, 2.24) is 20.4 Å². The van der Waals surface area contributed by atoms with Crippen molar-refractivity contribution in [2.45, 2.75) is 6.42 Å². The molecule has 142 valence electrons. The predicted octanol–water partition coefficient (Wildman–Crippen LogP) is 2.51. The van der Waals surface area contributed by atoms with E-state index in [9.17, 15) is 9.59 Å². The van der Waals surface area contributed by atoms with Gasteiger partial charge in [0.1, 0.15) is 5.69 Å². The molecule has 0 spiro atoms. The minimum atomic E-state index is -0.281. The molecule has 4 rings (SSSR count). The van der Waals surface area contributed by atoms with E-state index in [1.54, 1.807) is 17.2 Å². The second kappa shape index (κ2) is 8.08. The summed E-state index contributed by atoms with van der Waals surface area (Å²) in [7, 11) is 0. The molecule has 1 saturated heterocycles. The Balaban J connectivity index is 1.47. The fourth-order valence-electron chi connectivity index (χ4n) is 3.53. The van der Waals surface area contributed by atoms with Gasteiger partial charge in [-0.1, -0.05) is 54.6 Å². The van der Waals surface area contributed by atoms with E-state index in [-0.39, 0.29) is 17.7 Å². The topological polar surface area (TPSA) is 78.1 Å². The Morgan fingerprint density at radius 1 is 1.04 bits per heavy atom. The minimum Gasteiger partial charge on any atom is -0.354 e. The van der Waals surface area contributed by atoms with Crippen LogP contribution in [0.1, 0.15) is 16.1 Å². The van der Waals surface area contributed by atoms with E-state index in [0.29, 0.717) is 31.7 Å². The lowest BCUT2D eigenvalue weighted by molar-refractivity contribution is -0.124. The average Bonchev–Trinajstić information content (AvgIpc) is 3.21. The maximum absolute atomic E-state index is 12.6. The molecule has 1 fully saturated rings. The van der Waals surface area contributed by atoms with Gasteiger partial charge in [0, 0.05) is 25.8 Å². The first-order valence-corrected chi connectivity index (χ1v) is 9.41. The summed E-state index contributed by atoms with van der Waals surface area (Å²) in [6, 6.07) is 20.1. The van der Waals surface area contributed by atoms with Crippen molar-refractivity contribution >= 4 is 11.8 Å². The number of nitrogens with zero attached hydrogens (tertiary/aromatic N) is 2. The number of H-pyrrole nitrogens is 1. The van der Waals surface area contributed by atoms with E-state index in [4.69, 9.17) is 0 Å². The van der Waals surface area contributed by atoms with Crippen LogP contribution in [-0.2, 0) is 11.2 Å². The first kappa shape index (κ1) is 18.0. The van der Waals surface area contributed by atoms with Crippen LogP contribution in [0.3, 0.4) is 0 Å². The zero-order chi connectivity index (χ0) is 19.3. The fourth-order valence-corrected chi connectivity index (χ4v) is 3.53. The number of hydrogen-bond acceptors (Lipinski definition) is 3. The highest BCUT2D eigenvalue weighted by atomic mass is 16.2. The molecule has 0 bridgehead atoms. The SMILES string of the molecule is O=C1NCCN(C(=O)c2ccn[nH]2)CC1Cc1ccc(-c2ccccc2)cc1. The van der Waals surface area contributed by atoms with E-state index < -0.39 is 0 Å². The molecule has 2 N–H and O–H groups in total. The Bertz CT molecular complexity index is 936. The summed E-state index contributed by atoms with van der Waals surface area (Å²) in [6.07, 6.45) is 2.15. The van der Waals surface area contributed by atoms with E-state index in [1.165, 1.54) is 0 Å². The number of rotatable bonds is 4. The Morgan fingerprint density at radius 2 is 1.79 bits per heavy atom. The van der Waals surface area contributed by atoms with Gasteiger partial charge in [-0.3, -0.25) is 14.7 Å². The van der Waals surface area contributed by atoms with Crippen molar-refractivity contribution in [3.63, 3.8) is 0 Å². The molecule has 0 aliphatic carbocycles. The highest BCUT2D eigenvalue weighted by Crippen LogP contribution is 2.21. The molecule has 2 heterocycles. The van der Waals surface area contributed by atoms with E-state index >= 15 is 0 Å². The maximum Gasteiger partial charge on any atom is 0.271 e. The van der Waals surface area contributed by atoms with Crippen LogP contribution in [0.4, 0.5) is 0 Å². The van der Waals surface area contributed by atoms with Gasteiger partial charge in [-0.25, -0.2) is 0 Å². The Kier molecular flexibility index (Phi) is 5.19. The van der Waals surface area contributed by atoms with Gasteiger partial charge in [0.05, 0.1) is 5.92 Å². The van der Waals surface area contributed by atoms with Crippen LogP contribution < -0.4 is 5.32 Å². The summed E-state index contributed by atoms with van der Waals surface area (Å²) < 4.78 is 0. The lowest BCUT2D eigenvalue weighted by atomic mass is 9.96. The van der Waals surface area contributed by atoms with Crippen LogP contribution in [-0.4, -0.2) is 46.5 Å². The van der Waals surface area contributed by atoms with Crippen molar-refractivity contribution < 1.29 is 9.59 Å². The zero-order valence-electron chi connectivity index (χ0n) is 15.5. The standard InChI is InChI=1S/C22H22N4O2/c27-21-19(15-26(13-12-23-21)22(28)20-10-11-24-25-20)14-16-6-8-18(9-7-16)17-4-2-1-3-5-17/h1-11,19H,12-15H2,(H,23,27)(H,24,25). The fraction of sp³-hybridized carbons (Fsp3) is 0.227. The number of carbonyl (C=O) groups excluding carboxylic acids is 2. The normalized spacial score (nSPS) is 17.1. The van der Waals surface area contributed by atoms with Crippen LogP contribution in [0.25, 0.3) is 11.1 Å². The number of hydrogen-bond donors (Lipinski definition) is 2. The molecule has 1 aromatic heterocycles. The van der Waals surface area contributed by atoms with Gasteiger partial charge < -0.3 is 10.2 Å². The molecule has 3 aromatic rings. The molecule has 2 aromatic carbocycles. The average molecular weight is 374 g/mol. The van der Waals surface area contributed by atoms with Crippen LogP contribution >= 0.6 is 0 Å². The Labute approximate surface area is 163 Å². The number of aromatic amines is 1. The molecule has 2 amide bonds. The van der Waals surface area contributed by atoms with Gasteiger partial charge >= 0.3 is 0 Å². The van der Waals surface area contributed by atoms with E-state index in [2.05, 4.69) is 51.9 Å². The van der Waals surface area contributed by atoms with E-state index in [0.717, 1.165) is 16.7 Å². The molecule has 1 aliphatic heterocycles. The molecular formula is C22H22N4O2. The van der Waals surface area contributed by atoms with Crippen molar-refractivity contribution in [2.24, 2.45) is 5.92 Å². The largest absolute Gasteiger partial charge is 0.354 e. The second-order valence-corrected chi connectivity index (χ2v) is 6.98. The maximum atomic E-state index is 12.6. The van der Waals surface area contributed by atoms with Crippen LogP contribution in [0.5, 0.6) is 0 Å². The first-order chi connectivity index (χ1) is 13.7. The third-order valence-electron chi connectivity index (χ3n) is 5.05. The zero-order valence-corrected chi connectivity index (χ0v) is 15.5. The molecule has 6 heteroatoms. The predicted molar refractivity (Wildman–Crippen MR) is 107 cm³/mol. The summed E-state index contributed by atoms with van der Waals surface area (Å²) in [4.78, 5) is 26.8. The summed E-state index contributed by atoms with van der Waals surface area (Å²) >= 11 is 0. The van der Waals surface area contributed by atoms with Gasteiger partial charge in [-0.05, 0) is 29.2 Å². The number of benzene rings is 2. The number of carbonyl (C=O) groups is 2. The molecule has 0 radical (unpaired) electrons. The lowest BCUT2D eigenvalue weighted by Crippen LogP contribution is -2.37. The molecule has 28 heavy (non-hydrogen) atoms.